The molecule has 1 aliphatic rings. The van der Waals surface area contributed by atoms with E-state index in [2.05, 4.69) is 38.8 Å². The van der Waals surface area contributed by atoms with Gasteiger partial charge in [-0.05, 0) is 29.8 Å². The number of methoxy groups -OCH3 is 1. The molecule has 1 aliphatic heterocycles. The molecular weight excluding hydrogens is 394 g/mol. The highest BCUT2D eigenvalue weighted by Gasteiger charge is 2.29. The third-order valence-corrected chi connectivity index (χ3v) is 6.03. The molecule has 28 heavy (non-hydrogen) atoms. The first-order valence-electron chi connectivity index (χ1n) is 8.77. The molecular formula is C20H16ClN5OS. The van der Waals surface area contributed by atoms with Crippen molar-refractivity contribution >= 4 is 34.3 Å². The van der Waals surface area contributed by atoms with Crippen LogP contribution >= 0.6 is 23.4 Å². The van der Waals surface area contributed by atoms with Gasteiger partial charge in [0, 0.05) is 17.4 Å². The lowest BCUT2D eigenvalue weighted by atomic mass is 10.1. The molecule has 0 fully saturated rings. The van der Waals surface area contributed by atoms with Crippen molar-refractivity contribution in [2.45, 2.75) is 17.0 Å². The Morgan fingerprint density at radius 2 is 2.00 bits per heavy atom. The number of benzene rings is 2. The van der Waals surface area contributed by atoms with Gasteiger partial charge in [-0.15, -0.1) is 10.2 Å². The highest BCUT2D eigenvalue weighted by molar-refractivity contribution is 7.99. The number of rotatable bonds is 4. The predicted octanol–water partition coefficient (Wildman–Crippen LogP) is 4.43. The maximum absolute atomic E-state index is 6.50. The van der Waals surface area contributed by atoms with Crippen LogP contribution in [0.25, 0.3) is 10.9 Å². The lowest BCUT2D eigenvalue weighted by molar-refractivity contribution is 0.415. The summed E-state index contributed by atoms with van der Waals surface area (Å²) in [5.74, 6) is 1.65. The molecule has 0 saturated carbocycles. The van der Waals surface area contributed by atoms with E-state index in [-0.39, 0.29) is 5.37 Å². The van der Waals surface area contributed by atoms with E-state index in [0.29, 0.717) is 11.6 Å². The Labute approximate surface area is 170 Å². The van der Waals surface area contributed by atoms with Gasteiger partial charge in [-0.25, -0.2) is 9.66 Å². The van der Waals surface area contributed by atoms with Gasteiger partial charge >= 0.3 is 0 Å². The summed E-state index contributed by atoms with van der Waals surface area (Å²) in [5.41, 5.74) is 6.38. The minimum Gasteiger partial charge on any atom is -0.497 e. The van der Waals surface area contributed by atoms with E-state index >= 15 is 0 Å². The number of thioether (sulfide) groups is 1. The zero-order valence-electron chi connectivity index (χ0n) is 15.0. The average molecular weight is 410 g/mol. The van der Waals surface area contributed by atoms with Gasteiger partial charge in [-0.3, -0.25) is 0 Å². The predicted molar refractivity (Wildman–Crippen MR) is 111 cm³/mol. The Hall–Kier alpha value is -2.77. The summed E-state index contributed by atoms with van der Waals surface area (Å²) in [7, 11) is 1.65. The Balaban J connectivity index is 1.45. The van der Waals surface area contributed by atoms with Crippen LogP contribution in [0.5, 0.6) is 5.75 Å². The van der Waals surface area contributed by atoms with Gasteiger partial charge in [0.2, 0.25) is 5.16 Å². The monoisotopic (exact) mass is 409 g/mol. The fourth-order valence-corrected chi connectivity index (χ4v) is 4.59. The van der Waals surface area contributed by atoms with Crippen molar-refractivity contribution in [1.82, 2.24) is 19.9 Å². The summed E-state index contributed by atoms with van der Waals surface area (Å²) in [4.78, 5) is 4.54. The first-order valence-corrected chi connectivity index (χ1v) is 10.0. The fourth-order valence-electron chi connectivity index (χ4n) is 3.24. The smallest absolute Gasteiger partial charge is 0.212 e. The van der Waals surface area contributed by atoms with Gasteiger partial charge in [-0.2, -0.15) is 0 Å². The minimum atomic E-state index is -0.0874. The minimum absolute atomic E-state index is 0.0874. The number of ether oxygens (including phenoxy) is 1. The highest BCUT2D eigenvalue weighted by atomic mass is 35.5. The van der Waals surface area contributed by atoms with E-state index in [1.165, 1.54) is 5.56 Å². The van der Waals surface area contributed by atoms with Gasteiger partial charge in [0.25, 0.3) is 0 Å². The van der Waals surface area contributed by atoms with Gasteiger partial charge in [0.15, 0.2) is 5.82 Å². The number of hydrogen-bond donors (Lipinski definition) is 1. The summed E-state index contributed by atoms with van der Waals surface area (Å²) < 4.78 is 7.26. The molecule has 0 bridgehead atoms. The molecule has 1 N–H and O–H groups in total. The zero-order valence-corrected chi connectivity index (χ0v) is 16.5. The molecule has 0 spiro atoms. The Morgan fingerprint density at radius 1 is 1.14 bits per heavy atom. The van der Waals surface area contributed by atoms with Crippen LogP contribution in [0.3, 0.4) is 0 Å². The van der Waals surface area contributed by atoms with Crippen molar-refractivity contribution in [3.63, 3.8) is 0 Å². The number of hydrogen-bond acceptors (Lipinski definition) is 6. The van der Waals surface area contributed by atoms with Crippen molar-refractivity contribution in [2.24, 2.45) is 0 Å². The number of aromatic nitrogens is 4. The maximum atomic E-state index is 6.50. The Kier molecular flexibility index (Phi) is 4.33. The third kappa shape index (κ3) is 3.06. The molecule has 2 aromatic carbocycles. The Bertz CT molecular complexity index is 1160. The second-order valence-corrected chi connectivity index (χ2v) is 7.88. The maximum Gasteiger partial charge on any atom is 0.212 e. The van der Waals surface area contributed by atoms with E-state index in [4.69, 9.17) is 16.3 Å². The largest absolute Gasteiger partial charge is 0.497 e. The van der Waals surface area contributed by atoms with Crippen LogP contribution in [0.1, 0.15) is 22.3 Å². The van der Waals surface area contributed by atoms with Gasteiger partial charge in [-0.1, -0.05) is 53.7 Å². The first-order chi connectivity index (χ1) is 13.7. The summed E-state index contributed by atoms with van der Waals surface area (Å²) in [6.45, 7) is 0. The molecule has 0 aliphatic carbocycles. The number of halogens is 1. The van der Waals surface area contributed by atoms with E-state index in [0.717, 1.165) is 33.2 Å². The van der Waals surface area contributed by atoms with Crippen molar-refractivity contribution < 1.29 is 4.74 Å². The molecule has 4 aromatic rings. The van der Waals surface area contributed by atoms with Crippen molar-refractivity contribution in [3.8, 4) is 5.75 Å². The second-order valence-electron chi connectivity index (χ2n) is 6.45. The molecule has 6 nitrogen and oxygen atoms in total. The average Bonchev–Trinajstić information content (AvgIpc) is 3.30. The van der Waals surface area contributed by atoms with Crippen molar-refractivity contribution in [2.75, 3.05) is 12.5 Å². The molecule has 1 unspecified atom stereocenters. The zero-order chi connectivity index (χ0) is 19.1. The summed E-state index contributed by atoms with van der Waals surface area (Å²) >= 11 is 8.07. The van der Waals surface area contributed by atoms with E-state index < -0.39 is 0 Å². The molecule has 0 saturated heterocycles. The molecule has 0 radical (unpaired) electrons. The van der Waals surface area contributed by atoms with Crippen molar-refractivity contribution in [1.29, 1.82) is 0 Å². The SMILES string of the molecule is COc1ccc2nc(Cl)c(C3Nn4c(Cc5ccccc5)nnc4S3)cc2c1. The standard InChI is InChI=1S/C20H16ClN5OS/c1-27-14-7-8-16-13(10-14)11-15(18(21)22-16)19-25-26-17(23-24-20(26)28-19)9-12-5-3-2-4-6-12/h2-8,10-11,19,25H,9H2,1H3. The van der Waals surface area contributed by atoms with Gasteiger partial charge < -0.3 is 10.2 Å². The van der Waals surface area contributed by atoms with E-state index in [9.17, 15) is 0 Å². The van der Waals surface area contributed by atoms with Crippen LogP contribution in [0.4, 0.5) is 0 Å². The second kappa shape index (κ2) is 7.00. The lowest BCUT2D eigenvalue weighted by Gasteiger charge is -2.14. The Morgan fingerprint density at radius 3 is 2.82 bits per heavy atom. The molecule has 5 rings (SSSR count). The summed E-state index contributed by atoms with van der Waals surface area (Å²) in [6, 6.07) is 18.0. The van der Waals surface area contributed by atoms with Gasteiger partial charge in [0.05, 0.1) is 12.6 Å². The van der Waals surface area contributed by atoms with Crippen LogP contribution in [0.2, 0.25) is 5.15 Å². The summed E-state index contributed by atoms with van der Waals surface area (Å²) in [6.07, 6.45) is 0.703. The van der Waals surface area contributed by atoms with Crippen LogP contribution < -0.4 is 10.2 Å². The third-order valence-electron chi connectivity index (χ3n) is 4.66. The number of nitrogens with one attached hydrogen (secondary N) is 1. The molecule has 3 heterocycles. The lowest BCUT2D eigenvalue weighted by Crippen LogP contribution is -2.16. The molecule has 140 valence electrons. The summed E-state index contributed by atoms with van der Waals surface area (Å²) in [5, 5.41) is 10.8. The molecule has 8 heteroatoms. The number of nitrogens with zero attached hydrogens (tertiary/aromatic N) is 4. The van der Waals surface area contributed by atoms with E-state index in [1.54, 1.807) is 18.9 Å². The van der Waals surface area contributed by atoms with Crippen LogP contribution in [-0.4, -0.2) is 27.0 Å². The fraction of sp³-hybridized carbons (Fsp3) is 0.150. The quantitative estimate of drug-likeness (QED) is 0.503. The number of pyridine rings is 1. The van der Waals surface area contributed by atoms with Crippen LogP contribution in [0.15, 0.2) is 59.8 Å². The normalized spacial score (nSPS) is 15.4. The van der Waals surface area contributed by atoms with Crippen molar-refractivity contribution in [3.05, 3.63) is 76.7 Å². The van der Waals surface area contributed by atoms with Crippen LogP contribution in [-0.2, 0) is 6.42 Å². The number of fused-ring (bicyclic) bond motifs is 2. The topological polar surface area (TPSA) is 64.9 Å². The van der Waals surface area contributed by atoms with Gasteiger partial charge in [0.1, 0.15) is 16.3 Å². The van der Waals surface area contributed by atoms with E-state index in [1.807, 2.05) is 41.1 Å². The highest BCUT2D eigenvalue weighted by Crippen LogP contribution is 2.41. The molecule has 1 atom stereocenters. The molecule has 2 aromatic heterocycles. The first kappa shape index (κ1) is 17.3. The van der Waals surface area contributed by atoms with Crippen LogP contribution in [0, 0.1) is 0 Å². The molecule has 0 amide bonds.